The van der Waals surface area contributed by atoms with Crippen LogP contribution in [0.1, 0.15) is 29.8 Å². The fourth-order valence-corrected chi connectivity index (χ4v) is 2.36. The number of primary sulfonamides is 1. The van der Waals surface area contributed by atoms with Gasteiger partial charge in [0.15, 0.2) is 0 Å². The highest BCUT2D eigenvalue weighted by molar-refractivity contribution is 7.89. The lowest BCUT2D eigenvalue weighted by Gasteiger charge is -2.13. The van der Waals surface area contributed by atoms with E-state index < -0.39 is 21.7 Å². The number of halogens is 1. The molecule has 0 aromatic heterocycles. The number of ether oxygens (including phenoxy) is 1. The molecule has 118 valence electrons. The number of carbonyl (C=O) groups excluding carboxylic acids is 1. The first-order valence-electron chi connectivity index (χ1n) is 6.39. The first-order valence-corrected chi connectivity index (χ1v) is 7.94. The van der Waals surface area contributed by atoms with Gasteiger partial charge in [-0.1, -0.05) is 0 Å². The van der Waals surface area contributed by atoms with Gasteiger partial charge in [-0.25, -0.2) is 17.9 Å². The Bertz CT molecular complexity index is 631. The van der Waals surface area contributed by atoms with Gasteiger partial charge in [-0.15, -0.1) is 0 Å². The van der Waals surface area contributed by atoms with Crippen molar-refractivity contribution in [3.63, 3.8) is 0 Å². The largest absolute Gasteiger partial charge is 0.377 e. The van der Waals surface area contributed by atoms with E-state index in [0.29, 0.717) is 6.61 Å². The first-order chi connectivity index (χ1) is 9.66. The van der Waals surface area contributed by atoms with Gasteiger partial charge in [0.25, 0.3) is 5.91 Å². The molecule has 1 aromatic carbocycles. The summed E-state index contributed by atoms with van der Waals surface area (Å²) in [5.74, 6) is -1.49. The summed E-state index contributed by atoms with van der Waals surface area (Å²) in [5.41, 5.74) is -0.327. The molecule has 0 saturated heterocycles. The summed E-state index contributed by atoms with van der Waals surface area (Å²) >= 11 is 0. The Labute approximate surface area is 123 Å². The average Bonchev–Trinajstić information content (AvgIpc) is 2.38. The summed E-state index contributed by atoms with van der Waals surface area (Å²) in [6.07, 6.45) is -0.232. The molecule has 6 nitrogen and oxygen atoms in total. The van der Waals surface area contributed by atoms with Gasteiger partial charge < -0.3 is 10.1 Å². The molecule has 0 aliphatic carbocycles. The lowest BCUT2D eigenvalue weighted by molar-refractivity contribution is 0.0693. The van der Waals surface area contributed by atoms with Gasteiger partial charge in [0.1, 0.15) is 5.82 Å². The second kappa shape index (κ2) is 6.97. The van der Waals surface area contributed by atoms with Crippen LogP contribution in [0.25, 0.3) is 0 Å². The van der Waals surface area contributed by atoms with Gasteiger partial charge in [-0.3, -0.25) is 4.79 Å². The molecular formula is C13H19FN2O4S. The monoisotopic (exact) mass is 318 g/mol. The van der Waals surface area contributed by atoms with Crippen LogP contribution in [0.4, 0.5) is 4.39 Å². The zero-order valence-corrected chi connectivity index (χ0v) is 13.0. The van der Waals surface area contributed by atoms with E-state index in [4.69, 9.17) is 9.88 Å². The number of hydrogen-bond donors (Lipinski definition) is 2. The van der Waals surface area contributed by atoms with Crippen molar-refractivity contribution in [3.05, 3.63) is 29.1 Å². The third-order valence-corrected chi connectivity index (χ3v) is 3.70. The van der Waals surface area contributed by atoms with Crippen LogP contribution in [-0.2, 0) is 14.8 Å². The molecule has 0 aliphatic heterocycles. The number of nitrogens with two attached hydrogens (primary N) is 1. The van der Waals surface area contributed by atoms with Crippen LogP contribution in [0.15, 0.2) is 17.0 Å². The molecule has 21 heavy (non-hydrogen) atoms. The molecular weight excluding hydrogens is 299 g/mol. The number of amides is 1. The SMILES string of the molecule is CCOC(C)CNC(=O)c1cc(S(N)(=O)=O)cc(C)c1F. The molecule has 0 fully saturated rings. The van der Waals surface area contributed by atoms with E-state index in [-0.39, 0.29) is 28.7 Å². The summed E-state index contributed by atoms with van der Waals surface area (Å²) < 4.78 is 41.9. The lowest BCUT2D eigenvalue weighted by Crippen LogP contribution is -2.33. The fourth-order valence-electron chi connectivity index (χ4n) is 1.74. The summed E-state index contributed by atoms with van der Waals surface area (Å²) in [6, 6.07) is 2.02. The minimum Gasteiger partial charge on any atom is -0.377 e. The predicted molar refractivity (Wildman–Crippen MR) is 75.9 cm³/mol. The van der Waals surface area contributed by atoms with Crippen molar-refractivity contribution in [1.82, 2.24) is 5.32 Å². The molecule has 1 atom stereocenters. The summed E-state index contributed by atoms with van der Waals surface area (Å²) in [5, 5.41) is 7.50. The van der Waals surface area contributed by atoms with Crippen molar-refractivity contribution < 1.29 is 22.3 Å². The normalized spacial score (nSPS) is 13.0. The summed E-state index contributed by atoms with van der Waals surface area (Å²) in [6.45, 7) is 5.61. The molecule has 0 saturated carbocycles. The molecule has 0 spiro atoms. The number of hydrogen-bond acceptors (Lipinski definition) is 4. The average molecular weight is 318 g/mol. The maximum atomic E-state index is 14.0. The number of carbonyl (C=O) groups is 1. The van der Waals surface area contributed by atoms with E-state index in [1.165, 1.54) is 6.92 Å². The maximum absolute atomic E-state index is 14.0. The van der Waals surface area contributed by atoms with Crippen molar-refractivity contribution in [2.45, 2.75) is 31.8 Å². The van der Waals surface area contributed by atoms with Gasteiger partial charge in [0.05, 0.1) is 16.6 Å². The van der Waals surface area contributed by atoms with Crippen molar-refractivity contribution in [3.8, 4) is 0 Å². The van der Waals surface area contributed by atoms with Gasteiger partial charge in [-0.2, -0.15) is 0 Å². The number of aryl methyl sites for hydroxylation is 1. The van der Waals surface area contributed by atoms with Crippen LogP contribution < -0.4 is 10.5 Å². The second-order valence-electron chi connectivity index (χ2n) is 4.62. The molecule has 1 amide bonds. The molecule has 1 rings (SSSR count). The van der Waals surface area contributed by atoms with Crippen LogP contribution in [0, 0.1) is 12.7 Å². The van der Waals surface area contributed by atoms with Crippen LogP contribution in [0.5, 0.6) is 0 Å². The zero-order valence-electron chi connectivity index (χ0n) is 12.1. The highest BCUT2D eigenvalue weighted by atomic mass is 32.2. The Morgan fingerprint density at radius 3 is 2.62 bits per heavy atom. The van der Waals surface area contributed by atoms with E-state index >= 15 is 0 Å². The first kappa shape index (κ1) is 17.5. The fraction of sp³-hybridized carbons (Fsp3) is 0.462. The van der Waals surface area contributed by atoms with Gasteiger partial charge in [0.2, 0.25) is 10.0 Å². The number of benzene rings is 1. The van der Waals surface area contributed by atoms with E-state index in [0.717, 1.165) is 12.1 Å². The predicted octanol–water partition coefficient (Wildman–Crippen LogP) is 0.936. The van der Waals surface area contributed by atoms with Crippen LogP contribution in [0.3, 0.4) is 0 Å². The van der Waals surface area contributed by atoms with E-state index in [2.05, 4.69) is 5.32 Å². The van der Waals surface area contributed by atoms with E-state index in [1.54, 1.807) is 6.92 Å². The van der Waals surface area contributed by atoms with Crippen LogP contribution in [-0.4, -0.2) is 33.6 Å². The molecule has 0 heterocycles. The Hall–Kier alpha value is -1.51. The van der Waals surface area contributed by atoms with Crippen molar-refractivity contribution in [2.75, 3.05) is 13.2 Å². The molecule has 1 unspecified atom stereocenters. The highest BCUT2D eigenvalue weighted by Crippen LogP contribution is 2.18. The Morgan fingerprint density at radius 2 is 2.10 bits per heavy atom. The Kier molecular flexibility index (Phi) is 5.82. The Balaban J connectivity index is 3.01. The highest BCUT2D eigenvalue weighted by Gasteiger charge is 2.19. The maximum Gasteiger partial charge on any atom is 0.254 e. The summed E-state index contributed by atoms with van der Waals surface area (Å²) in [7, 11) is -4.01. The standard InChI is InChI=1S/C13H19FN2O4S/c1-4-20-9(3)7-16-13(17)11-6-10(21(15,18)19)5-8(2)12(11)14/h5-6,9H,4,7H2,1-3H3,(H,16,17)(H2,15,18,19). The molecule has 0 radical (unpaired) electrons. The second-order valence-corrected chi connectivity index (χ2v) is 6.18. The minimum atomic E-state index is -4.01. The van der Waals surface area contributed by atoms with Gasteiger partial charge >= 0.3 is 0 Å². The lowest BCUT2D eigenvalue weighted by atomic mass is 10.1. The number of nitrogens with one attached hydrogen (secondary N) is 1. The topological polar surface area (TPSA) is 98.5 Å². The third kappa shape index (κ3) is 4.76. The van der Waals surface area contributed by atoms with Gasteiger partial charge in [0, 0.05) is 13.2 Å². The number of rotatable bonds is 6. The third-order valence-electron chi connectivity index (χ3n) is 2.80. The van der Waals surface area contributed by atoms with Crippen LogP contribution in [0.2, 0.25) is 0 Å². The van der Waals surface area contributed by atoms with Crippen molar-refractivity contribution >= 4 is 15.9 Å². The zero-order chi connectivity index (χ0) is 16.2. The molecule has 1 aromatic rings. The van der Waals surface area contributed by atoms with E-state index in [9.17, 15) is 17.6 Å². The molecule has 0 aliphatic rings. The van der Waals surface area contributed by atoms with E-state index in [1.807, 2.05) is 6.92 Å². The summed E-state index contributed by atoms with van der Waals surface area (Å²) in [4.78, 5) is 11.7. The molecule has 0 bridgehead atoms. The Morgan fingerprint density at radius 1 is 1.48 bits per heavy atom. The number of sulfonamides is 1. The molecule has 3 N–H and O–H groups in total. The van der Waals surface area contributed by atoms with Crippen LogP contribution >= 0.6 is 0 Å². The minimum absolute atomic E-state index is 0.0320. The molecule has 8 heteroatoms. The quantitative estimate of drug-likeness (QED) is 0.815. The smallest absolute Gasteiger partial charge is 0.254 e. The van der Waals surface area contributed by atoms with Crippen molar-refractivity contribution in [1.29, 1.82) is 0 Å². The van der Waals surface area contributed by atoms with Crippen molar-refractivity contribution in [2.24, 2.45) is 5.14 Å². The van der Waals surface area contributed by atoms with Gasteiger partial charge in [-0.05, 0) is 38.5 Å².